The molecule has 0 fully saturated rings. The van der Waals surface area contributed by atoms with Gasteiger partial charge in [-0.05, 0) is 62.6 Å². The summed E-state index contributed by atoms with van der Waals surface area (Å²) in [4.78, 5) is 14.6. The van der Waals surface area contributed by atoms with E-state index in [-0.39, 0.29) is 10.8 Å². The fourth-order valence-electron chi connectivity index (χ4n) is 5.10. The molecule has 0 radical (unpaired) electrons. The molecule has 1 aliphatic heterocycles. The molecule has 7 heteroatoms. The molecule has 0 atom stereocenters. The van der Waals surface area contributed by atoms with Crippen LogP contribution in [-0.4, -0.2) is 20.9 Å². The first-order valence-electron chi connectivity index (χ1n) is 10.9. The van der Waals surface area contributed by atoms with Gasteiger partial charge in [-0.15, -0.1) is 0 Å². The summed E-state index contributed by atoms with van der Waals surface area (Å²) in [6.45, 7) is 2.44. The Bertz CT molecular complexity index is 1530. The number of amides is 1. The minimum atomic E-state index is -3.87. The van der Waals surface area contributed by atoms with E-state index < -0.39 is 10.0 Å². The normalized spacial score (nSPS) is 15.5. The second-order valence-corrected chi connectivity index (χ2v) is 10.0. The minimum absolute atomic E-state index is 0.0919. The number of carbonyl (C=O) groups is 1. The number of benzene rings is 3. The van der Waals surface area contributed by atoms with Gasteiger partial charge in [0.15, 0.2) is 0 Å². The lowest BCUT2D eigenvalue weighted by atomic mass is 9.96. The Morgan fingerprint density at radius 3 is 2.72 bits per heavy atom. The van der Waals surface area contributed by atoms with Crippen molar-refractivity contribution in [2.75, 3.05) is 16.2 Å². The second-order valence-electron chi connectivity index (χ2n) is 8.39. The van der Waals surface area contributed by atoms with Gasteiger partial charge >= 0.3 is 0 Å². The maximum atomic E-state index is 13.4. The van der Waals surface area contributed by atoms with Crippen molar-refractivity contribution in [2.45, 2.75) is 37.5 Å². The molecule has 0 saturated heterocycles. The van der Waals surface area contributed by atoms with Crippen LogP contribution >= 0.6 is 0 Å². The average Bonchev–Trinajstić information content (AvgIpc) is 3.29. The SMILES string of the molecule is CCN1C(=O)c2cccc3c(S(=O)(=O)Nc4ccc5oc6c(c5c4)CCCC6)ccc1c23. The molecule has 32 heavy (non-hydrogen) atoms. The Kier molecular flexibility index (Phi) is 4.14. The van der Waals surface area contributed by atoms with Gasteiger partial charge in [-0.25, -0.2) is 8.42 Å². The average molecular weight is 447 g/mol. The number of anilines is 2. The third-order valence-corrected chi connectivity index (χ3v) is 8.00. The fraction of sp³-hybridized carbons (Fsp3) is 0.240. The third-order valence-electron chi connectivity index (χ3n) is 6.56. The predicted octanol–water partition coefficient (Wildman–Crippen LogP) is 5.25. The number of furan rings is 1. The number of hydrogen-bond donors (Lipinski definition) is 1. The van der Waals surface area contributed by atoms with E-state index in [1.165, 1.54) is 5.56 Å². The number of aryl methyl sites for hydroxylation is 2. The van der Waals surface area contributed by atoms with Crippen molar-refractivity contribution >= 4 is 49.0 Å². The Balaban J connectivity index is 1.44. The van der Waals surface area contributed by atoms with Crippen molar-refractivity contribution in [2.24, 2.45) is 0 Å². The third kappa shape index (κ3) is 2.70. The summed E-state index contributed by atoms with van der Waals surface area (Å²) < 4.78 is 35.6. The van der Waals surface area contributed by atoms with Crippen LogP contribution in [0.2, 0.25) is 0 Å². The summed E-state index contributed by atoms with van der Waals surface area (Å²) in [5, 5.41) is 2.23. The summed E-state index contributed by atoms with van der Waals surface area (Å²) >= 11 is 0. The van der Waals surface area contributed by atoms with Crippen LogP contribution in [0.3, 0.4) is 0 Å². The van der Waals surface area contributed by atoms with Gasteiger partial charge < -0.3 is 9.32 Å². The van der Waals surface area contributed by atoms with Crippen LogP contribution in [0.1, 0.15) is 41.4 Å². The first-order chi connectivity index (χ1) is 15.5. The molecule has 6 nitrogen and oxygen atoms in total. The van der Waals surface area contributed by atoms with Crippen LogP contribution in [0.25, 0.3) is 21.7 Å². The van der Waals surface area contributed by atoms with Crippen molar-refractivity contribution in [1.29, 1.82) is 0 Å². The number of nitrogens with zero attached hydrogens (tertiary/aromatic N) is 1. The number of fused-ring (bicyclic) bond motifs is 3. The quantitative estimate of drug-likeness (QED) is 0.465. The molecule has 0 saturated carbocycles. The molecular weight excluding hydrogens is 424 g/mol. The molecule has 2 aliphatic rings. The number of rotatable bonds is 4. The molecule has 0 bridgehead atoms. The number of hydrogen-bond acceptors (Lipinski definition) is 4. The standard InChI is InChI=1S/C25H22N2O4S/c1-2-27-20-11-13-23(17-7-5-8-18(24(17)20)25(27)28)32(29,30)26-15-10-12-22-19(14-15)16-6-3-4-9-21(16)31-22/h5,7-8,10-14,26H,2-4,6,9H2,1H3. The summed E-state index contributed by atoms with van der Waals surface area (Å²) in [7, 11) is -3.87. The largest absolute Gasteiger partial charge is 0.461 e. The van der Waals surface area contributed by atoms with Gasteiger partial charge in [-0.3, -0.25) is 9.52 Å². The summed E-state index contributed by atoms with van der Waals surface area (Å²) in [6.07, 6.45) is 4.12. The summed E-state index contributed by atoms with van der Waals surface area (Å²) in [5.41, 5.74) is 3.79. The molecule has 162 valence electrons. The van der Waals surface area contributed by atoms with Gasteiger partial charge in [-0.2, -0.15) is 0 Å². The van der Waals surface area contributed by atoms with Crippen LogP contribution in [0.4, 0.5) is 11.4 Å². The summed E-state index contributed by atoms with van der Waals surface area (Å²) in [6, 6.07) is 14.0. The zero-order chi connectivity index (χ0) is 22.0. The predicted molar refractivity (Wildman–Crippen MR) is 125 cm³/mol. The van der Waals surface area contributed by atoms with Crippen LogP contribution in [-0.2, 0) is 22.9 Å². The van der Waals surface area contributed by atoms with Crippen molar-refractivity contribution < 1.29 is 17.6 Å². The van der Waals surface area contributed by atoms with E-state index in [9.17, 15) is 13.2 Å². The number of nitrogens with one attached hydrogen (secondary N) is 1. The molecule has 1 N–H and O–H groups in total. The monoisotopic (exact) mass is 446 g/mol. The van der Waals surface area contributed by atoms with Crippen LogP contribution in [0.15, 0.2) is 57.8 Å². The lowest BCUT2D eigenvalue weighted by Crippen LogP contribution is -2.25. The lowest BCUT2D eigenvalue weighted by Gasteiger charge is -2.16. The van der Waals surface area contributed by atoms with Crippen molar-refractivity contribution in [1.82, 2.24) is 0 Å². The Labute approximate surface area is 185 Å². The fourth-order valence-corrected chi connectivity index (χ4v) is 6.36. The molecule has 6 rings (SSSR count). The van der Waals surface area contributed by atoms with E-state index in [0.717, 1.165) is 48.1 Å². The number of carbonyl (C=O) groups excluding carboxylic acids is 1. The molecule has 0 spiro atoms. The smallest absolute Gasteiger partial charge is 0.262 e. The van der Waals surface area contributed by atoms with E-state index in [0.29, 0.717) is 28.6 Å². The molecule has 1 amide bonds. The maximum absolute atomic E-state index is 13.4. The highest BCUT2D eigenvalue weighted by molar-refractivity contribution is 7.93. The van der Waals surface area contributed by atoms with Gasteiger partial charge in [0.2, 0.25) is 0 Å². The molecule has 4 aromatic rings. The van der Waals surface area contributed by atoms with E-state index in [2.05, 4.69) is 4.72 Å². The van der Waals surface area contributed by atoms with Crippen LogP contribution in [0.5, 0.6) is 0 Å². The van der Waals surface area contributed by atoms with E-state index in [4.69, 9.17) is 4.42 Å². The lowest BCUT2D eigenvalue weighted by molar-refractivity contribution is 0.0994. The summed E-state index contributed by atoms with van der Waals surface area (Å²) in [5.74, 6) is 0.926. The van der Waals surface area contributed by atoms with Gasteiger partial charge in [0, 0.05) is 45.9 Å². The minimum Gasteiger partial charge on any atom is -0.461 e. The molecule has 1 aromatic heterocycles. The first-order valence-corrected chi connectivity index (χ1v) is 12.4. The van der Waals surface area contributed by atoms with Gasteiger partial charge in [0.25, 0.3) is 15.9 Å². The van der Waals surface area contributed by atoms with Gasteiger partial charge in [0.1, 0.15) is 11.3 Å². The van der Waals surface area contributed by atoms with Gasteiger partial charge in [0.05, 0.1) is 10.6 Å². The van der Waals surface area contributed by atoms with Crippen LogP contribution in [0, 0.1) is 0 Å². The Morgan fingerprint density at radius 1 is 1.03 bits per heavy atom. The molecule has 0 unspecified atom stereocenters. The second kappa shape index (κ2) is 6.84. The van der Waals surface area contributed by atoms with E-state index in [1.807, 2.05) is 19.1 Å². The Morgan fingerprint density at radius 2 is 1.88 bits per heavy atom. The zero-order valence-corrected chi connectivity index (χ0v) is 18.5. The van der Waals surface area contributed by atoms with Gasteiger partial charge in [-0.1, -0.05) is 12.1 Å². The zero-order valence-electron chi connectivity index (χ0n) is 17.6. The highest BCUT2D eigenvalue weighted by atomic mass is 32.2. The van der Waals surface area contributed by atoms with Crippen molar-refractivity contribution in [3.8, 4) is 0 Å². The topological polar surface area (TPSA) is 79.6 Å². The van der Waals surface area contributed by atoms with E-state index >= 15 is 0 Å². The molecule has 2 heterocycles. The van der Waals surface area contributed by atoms with Crippen molar-refractivity contribution in [3.05, 3.63) is 65.4 Å². The highest BCUT2D eigenvalue weighted by Gasteiger charge is 2.31. The maximum Gasteiger partial charge on any atom is 0.262 e. The molecule has 3 aromatic carbocycles. The Hall–Kier alpha value is -3.32. The van der Waals surface area contributed by atoms with E-state index in [1.54, 1.807) is 41.3 Å². The number of sulfonamides is 1. The first kappa shape index (κ1) is 19.4. The molecule has 1 aliphatic carbocycles. The highest BCUT2D eigenvalue weighted by Crippen LogP contribution is 2.40. The van der Waals surface area contributed by atoms with Crippen LogP contribution < -0.4 is 9.62 Å². The molecular formula is C25H22N2O4S. The van der Waals surface area contributed by atoms with Crippen molar-refractivity contribution in [3.63, 3.8) is 0 Å².